The maximum Gasteiger partial charge on any atom is 0.251 e. The quantitative estimate of drug-likeness (QED) is 0.214. The molecule has 1 amide bonds. The van der Waals surface area contributed by atoms with E-state index in [1.807, 2.05) is 72.2 Å². The van der Waals surface area contributed by atoms with Crippen molar-refractivity contribution in [3.63, 3.8) is 0 Å². The van der Waals surface area contributed by atoms with Gasteiger partial charge >= 0.3 is 0 Å². The third kappa shape index (κ3) is 6.93. The molecule has 1 aromatic heterocycles. The van der Waals surface area contributed by atoms with E-state index in [0.717, 1.165) is 47.0 Å². The molecule has 0 bridgehead atoms. The second-order valence-electron chi connectivity index (χ2n) is 8.79. The number of ether oxygens (including phenoxy) is 1. The van der Waals surface area contributed by atoms with Gasteiger partial charge in [-0.3, -0.25) is 9.36 Å². The van der Waals surface area contributed by atoms with Crippen molar-refractivity contribution in [1.29, 1.82) is 0 Å². The Balaban J connectivity index is 1.55. The van der Waals surface area contributed by atoms with Gasteiger partial charge in [0.25, 0.3) is 5.91 Å². The lowest BCUT2D eigenvalue weighted by Crippen LogP contribution is -2.24. The van der Waals surface area contributed by atoms with Gasteiger partial charge in [0.2, 0.25) is 0 Å². The zero-order valence-corrected chi connectivity index (χ0v) is 22.9. The first kappa shape index (κ1) is 26.8. The minimum atomic E-state index is -0.148. The number of rotatable bonds is 11. The van der Waals surface area contributed by atoms with E-state index in [-0.39, 0.29) is 12.5 Å². The predicted octanol–water partition coefficient (Wildman–Crippen LogP) is 6.80. The number of nitrogens with zero attached hydrogens (tertiary/aromatic N) is 3. The van der Waals surface area contributed by atoms with Crippen molar-refractivity contribution >= 4 is 29.3 Å². The summed E-state index contributed by atoms with van der Waals surface area (Å²) in [5.74, 6) is 1.98. The Bertz CT molecular complexity index is 1350. The summed E-state index contributed by atoms with van der Waals surface area (Å²) in [6.07, 6.45) is 3.31. The Morgan fingerprint density at radius 3 is 2.62 bits per heavy atom. The number of methoxy groups -OCH3 is 1. The van der Waals surface area contributed by atoms with Gasteiger partial charge in [-0.2, -0.15) is 0 Å². The number of carbonyl (C=O) groups is 1. The van der Waals surface area contributed by atoms with Gasteiger partial charge in [-0.15, -0.1) is 10.2 Å². The van der Waals surface area contributed by atoms with E-state index in [1.165, 1.54) is 5.56 Å². The van der Waals surface area contributed by atoms with Crippen LogP contribution in [0.1, 0.15) is 52.6 Å². The third-order valence-corrected chi connectivity index (χ3v) is 7.29. The standard InChI is InChI=1S/C29H31ClN4O2S/c1-4-5-7-21-11-13-23(14-12-21)28(35)31-18-27-32-33-29(34(27)26-17-24(30)15-10-20(26)2)37-19-22-8-6-9-25(16-22)36-3/h6,8-17H,4-5,7,18-19H2,1-3H3,(H,31,35). The van der Waals surface area contributed by atoms with Gasteiger partial charge in [-0.25, -0.2) is 0 Å². The second-order valence-corrected chi connectivity index (χ2v) is 10.2. The van der Waals surface area contributed by atoms with E-state index in [0.29, 0.717) is 22.2 Å². The van der Waals surface area contributed by atoms with E-state index >= 15 is 0 Å². The average molecular weight is 535 g/mol. The highest BCUT2D eigenvalue weighted by Gasteiger charge is 2.18. The zero-order chi connectivity index (χ0) is 26.2. The lowest BCUT2D eigenvalue weighted by Gasteiger charge is -2.14. The fourth-order valence-electron chi connectivity index (χ4n) is 3.95. The number of carbonyl (C=O) groups excluding carboxylic acids is 1. The van der Waals surface area contributed by atoms with Crippen LogP contribution in [-0.4, -0.2) is 27.8 Å². The highest BCUT2D eigenvalue weighted by Crippen LogP contribution is 2.29. The highest BCUT2D eigenvalue weighted by molar-refractivity contribution is 7.98. The number of aryl methyl sites for hydroxylation is 2. The molecular weight excluding hydrogens is 504 g/mol. The van der Waals surface area contributed by atoms with Crippen LogP contribution in [0.4, 0.5) is 0 Å². The fraction of sp³-hybridized carbons (Fsp3) is 0.276. The molecule has 0 unspecified atom stereocenters. The molecule has 0 aliphatic carbocycles. The summed E-state index contributed by atoms with van der Waals surface area (Å²) < 4.78 is 7.32. The van der Waals surface area contributed by atoms with Crippen LogP contribution in [0, 0.1) is 6.92 Å². The molecule has 0 atom stereocenters. The monoisotopic (exact) mass is 534 g/mol. The van der Waals surface area contributed by atoms with E-state index in [9.17, 15) is 4.79 Å². The number of aromatic nitrogens is 3. The predicted molar refractivity (Wildman–Crippen MR) is 150 cm³/mol. The molecule has 1 heterocycles. The molecule has 192 valence electrons. The van der Waals surface area contributed by atoms with Crippen molar-refractivity contribution < 1.29 is 9.53 Å². The number of halogens is 1. The maximum atomic E-state index is 12.9. The summed E-state index contributed by atoms with van der Waals surface area (Å²) >= 11 is 7.92. The summed E-state index contributed by atoms with van der Waals surface area (Å²) in [7, 11) is 1.66. The molecule has 3 aromatic carbocycles. The van der Waals surface area contributed by atoms with Crippen LogP contribution in [0.2, 0.25) is 5.02 Å². The van der Waals surface area contributed by atoms with E-state index in [2.05, 4.69) is 28.5 Å². The van der Waals surface area contributed by atoms with Crippen molar-refractivity contribution in [2.45, 2.75) is 50.6 Å². The van der Waals surface area contributed by atoms with Crippen LogP contribution < -0.4 is 10.1 Å². The van der Waals surface area contributed by atoms with Crippen LogP contribution in [0.15, 0.2) is 71.9 Å². The second kappa shape index (κ2) is 12.8. The molecular formula is C29H31ClN4O2S. The molecule has 37 heavy (non-hydrogen) atoms. The average Bonchev–Trinajstić information content (AvgIpc) is 3.33. The van der Waals surface area contributed by atoms with Crippen molar-refractivity contribution in [2.24, 2.45) is 0 Å². The summed E-state index contributed by atoms with van der Waals surface area (Å²) in [5.41, 5.74) is 4.89. The smallest absolute Gasteiger partial charge is 0.251 e. The van der Waals surface area contributed by atoms with Gasteiger partial charge in [0, 0.05) is 16.3 Å². The molecule has 1 N–H and O–H groups in total. The molecule has 4 rings (SSSR count). The van der Waals surface area contributed by atoms with Crippen LogP contribution in [-0.2, 0) is 18.7 Å². The Kier molecular flexibility index (Phi) is 9.25. The van der Waals surface area contributed by atoms with Crippen LogP contribution in [0.25, 0.3) is 5.69 Å². The van der Waals surface area contributed by atoms with Crippen molar-refractivity contribution in [3.05, 3.63) is 99.8 Å². The van der Waals surface area contributed by atoms with Crippen LogP contribution >= 0.6 is 23.4 Å². The van der Waals surface area contributed by atoms with E-state index < -0.39 is 0 Å². The van der Waals surface area contributed by atoms with E-state index in [4.69, 9.17) is 16.3 Å². The van der Waals surface area contributed by atoms with Crippen LogP contribution in [0.5, 0.6) is 5.75 Å². The first-order valence-corrected chi connectivity index (χ1v) is 13.7. The number of nitrogens with one attached hydrogen (secondary N) is 1. The number of thioether (sulfide) groups is 1. The lowest BCUT2D eigenvalue weighted by atomic mass is 10.1. The molecule has 0 radical (unpaired) electrons. The fourth-order valence-corrected chi connectivity index (χ4v) is 5.02. The minimum Gasteiger partial charge on any atom is -0.497 e. The van der Waals surface area contributed by atoms with Crippen molar-refractivity contribution in [3.8, 4) is 11.4 Å². The third-order valence-electron chi connectivity index (χ3n) is 6.06. The maximum absolute atomic E-state index is 12.9. The topological polar surface area (TPSA) is 69.0 Å². The van der Waals surface area contributed by atoms with Crippen molar-refractivity contribution in [2.75, 3.05) is 7.11 Å². The van der Waals surface area contributed by atoms with Crippen LogP contribution in [0.3, 0.4) is 0 Å². The summed E-state index contributed by atoms with van der Waals surface area (Å²) in [6, 6.07) is 21.5. The van der Waals surface area contributed by atoms with Crippen molar-refractivity contribution in [1.82, 2.24) is 20.1 Å². The summed E-state index contributed by atoms with van der Waals surface area (Å²) in [4.78, 5) is 12.9. The Hall–Kier alpha value is -3.29. The number of hydrogen-bond acceptors (Lipinski definition) is 5. The number of hydrogen-bond donors (Lipinski definition) is 1. The first-order valence-electron chi connectivity index (χ1n) is 12.3. The SMILES string of the molecule is CCCCc1ccc(C(=O)NCc2nnc(SCc3cccc(OC)c3)n2-c2cc(Cl)ccc2C)cc1. The van der Waals surface area contributed by atoms with Gasteiger partial charge in [0.1, 0.15) is 5.75 Å². The Morgan fingerprint density at radius 2 is 1.86 bits per heavy atom. The molecule has 0 aliphatic heterocycles. The molecule has 0 spiro atoms. The molecule has 0 fully saturated rings. The number of amides is 1. The minimum absolute atomic E-state index is 0.148. The highest BCUT2D eigenvalue weighted by atomic mass is 35.5. The zero-order valence-electron chi connectivity index (χ0n) is 21.3. The molecule has 0 saturated carbocycles. The first-order chi connectivity index (χ1) is 18.0. The molecule has 6 nitrogen and oxygen atoms in total. The Labute approximate surface area is 227 Å². The normalized spacial score (nSPS) is 10.9. The van der Waals surface area contributed by atoms with Gasteiger partial charge < -0.3 is 10.1 Å². The summed E-state index contributed by atoms with van der Waals surface area (Å²) in [6.45, 7) is 4.42. The molecule has 4 aromatic rings. The largest absolute Gasteiger partial charge is 0.497 e. The Morgan fingerprint density at radius 1 is 1.05 bits per heavy atom. The molecule has 0 aliphatic rings. The van der Waals surface area contributed by atoms with Gasteiger partial charge in [0.05, 0.1) is 19.3 Å². The molecule has 0 saturated heterocycles. The number of unbranched alkanes of at least 4 members (excludes halogenated alkanes) is 1. The van der Waals surface area contributed by atoms with Gasteiger partial charge in [-0.1, -0.05) is 67.0 Å². The van der Waals surface area contributed by atoms with Gasteiger partial charge in [-0.05, 0) is 72.9 Å². The van der Waals surface area contributed by atoms with E-state index in [1.54, 1.807) is 18.9 Å². The van der Waals surface area contributed by atoms with Gasteiger partial charge in [0.15, 0.2) is 11.0 Å². The number of benzene rings is 3. The molecule has 8 heteroatoms. The lowest BCUT2D eigenvalue weighted by molar-refractivity contribution is 0.0949. The summed E-state index contributed by atoms with van der Waals surface area (Å²) in [5, 5.41) is 13.2.